The maximum absolute atomic E-state index is 13.6. The van der Waals surface area contributed by atoms with Crippen molar-refractivity contribution in [3.05, 3.63) is 35.4 Å². The number of aliphatic hydroxyl groups excluding tert-OH is 1. The largest absolute Gasteiger partial charge is 0.392 e. The molecule has 0 aromatic heterocycles. The van der Waals surface area contributed by atoms with Gasteiger partial charge in [-0.3, -0.25) is 0 Å². The van der Waals surface area contributed by atoms with Crippen LogP contribution in [0.4, 0.5) is 8.78 Å². The number of thioether (sulfide) groups is 2. The molecule has 1 nitrogen and oxygen atoms in total. The highest BCUT2D eigenvalue weighted by atomic mass is 32.2. The van der Waals surface area contributed by atoms with E-state index in [-0.39, 0.29) is 17.2 Å². The third-order valence-electron chi connectivity index (χ3n) is 3.35. The maximum atomic E-state index is 13.6. The minimum atomic E-state index is -0.700. The smallest absolute Gasteiger partial charge is 0.129 e. The van der Waals surface area contributed by atoms with E-state index in [0.29, 0.717) is 5.25 Å². The lowest BCUT2D eigenvalue weighted by Gasteiger charge is -2.33. The third-order valence-corrected chi connectivity index (χ3v) is 6.74. The van der Waals surface area contributed by atoms with E-state index in [1.807, 2.05) is 11.8 Å². The number of halogens is 2. The molecule has 0 bridgehead atoms. The van der Waals surface area contributed by atoms with Crippen LogP contribution in [0.1, 0.15) is 18.9 Å². The van der Waals surface area contributed by atoms with E-state index in [0.717, 1.165) is 17.9 Å². The number of hydrogen-bond acceptors (Lipinski definition) is 3. The van der Waals surface area contributed by atoms with E-state index >= 15 is 0 Å². The van der Waals surface area contributed by atoms with Crippen LogP contribution in [0, 0.1) is 11.6 Å². The molecule has 1 N–H and O–H groups in total. The van der Waals surface area contributed by atoms with Crippen molar-refractivity contribution >= 4 is 23.5 Å². The summed E-state index contributed by atoms with van der Waals surface area (Å²) in [5.74, 6) is 0.935. The number of rotatable bonds is 4. The highest BCUT2D eigenvalue weighted by molar-refractivity contribution is 8.07. The molecule has 1 aromatic carbocycles. The quantitative estimate of drug-likeness (QED) is 0.919. The number of hydrogen-bond donors (Lipinski definition) is 1. The van der Waals surface area contributed by atoms with Gasteiger partial charge in [0, 0.05) is 34.0 Å². The van der Waals surface area contributed by atoms with Gasteiger partial charge in [0.1, 0.15) is 11.6 Å². The Hall–Kier alpha value is -0.260. The Balaban J connectivity index is 2.09. The molecule has 1 aliphatic heterocycles. The Kier molecular flexibility index (Phi) is 5.54. The van der Waals surface area contributed by atoms with Crippen molar-refractivity contribution in [2.45, 2.75) is 36.4 Å². The van der Waals surface area contributed by atoms with E-state index in [1.165, 1.54) is 18.2 Å². The molecule has 0 aliphatic carbocycles. The second kappa shape index (κ2) is 6.95. The van der Waals surface area contributed by atoms with Gasteiger partial charge < -0.3 is 5.11 Å². The summed E-state index contributed by atoms with van der Waals surface area (Å²) < 4.78 is 27.2. The monoisotopic (exact) mass is 304 g/mol. The van der Waals surface area contributed by atoms with E-state index in [1.54, 1.807) is 11.8 Å². The van der Waals surface area contributed by atoms with Crippen LogP contribution in [0.5, 0.6) is 0 Å². The van der Waals surface area contributed by atoms with Gasteiger partial charge in [-0.1, -0.05) is 13.0 Å². The summed E-state index contributed by atoms with van der Waals surface area (Å²) in [6.07, 6.45) is 0.320. The highest BCUT2D eigenvalue weighted by Gasteiger charge is 2.31. The molecule has 1 saturated heterocycles. The van der Waals surface area contributed by atoms with Crippen molar-refractivity contribution in [3.8, 4) is 0 Å². The third kappa shape index (κ3) is 3.64. The fourth-order valence-electron chi connectivity index (χ4n) is 2.35. The SMILES string of the molecule is CCC1SCCSC1C(O)Cc1c(F)cccc1F. The second-order valence-electron chi connectivity index (χ2n) is 4.62. The van der Waals surface area contributed by atoms with Crippen molar-refractivity contribution in [1.29, 1.82) is 0 Å². The van der Waals surface area contributed by atoms with E-state index in [4.69, 9.17) is 0 Å². The molecule has 3 atom stereocenters. The lowest BCUT2D eigenvalue weighted by molar-refractivity contribution is 0.167. The van der Waals surface area contributed by atoms with Crippen LogP contribution in [0.25, 0.3) is 0 Å². The van der Waals surface area contributed by atoms with Gasteiger partial charge in [0.25, 0.3) is 0 Å². The minimum Gasteiger partial charge on any atom is -0.392 e. The van der Waals surface area contributed by atoms with E-state index < -0.39 is 17.7 Å². The van der Waals surface area contributed by atoms with Crippen LogP contribution in [-0.4, -0.2) is 33.2 Å². The van der Waals surface area contributed by atoms with Gasteiger partial charge in [-0.2, -0.15) is 23.5 Å². The first-order valence-corrected chi connectivity index (χ1v) is 8.57. The van der Waals surface area contributed by atoms with Gasteiger partial charge in [-0.25, -0.2) is 8.78 Å². The Morgan fingerprint density at radius 2 is 1.89 bits per heavy atom. The predicted octanol–water partition coefficient (Wildman–Crippen LogP) is 3.50. The topological polar surface area (TPSA) is 20.2 Å². The Labute approximate surface area is 121 Å². The lowest BCUT2D eigenvalue weighted by Crippen LogP contribution is -2.37. The van der Waals surface area contributed by atoms with Crippen molar-refractivity contribution in [2.75, 3.05) is 11.5 Å². The van der Waals surface area contributed by atoms with Gasteiger partial charge in [0.2, 0.25) is 0 Å². The molecule has 1 aromatic rings. The minimum absolute atomic E-state index is 0.000950. The summed E-state index contributed by atoms with van der Waals surface area (Å²) in [7, 11) is 0. The number of aliphatic hydroxyl groups is 1. The summed E-state index contributed by atoms with van der Waals surface area (Å²) in [5.41, 5.74) is 0.000950. The van der Waals surface area contributed by atoms with Gasteiger partial charge in [0.05, 0.1) is 6.10 Å². The molecule has 2 rings (SSSR count). The maximum Gasteiger partial charge on any atom is 0.129 e. The molecule has 5 heteroatoms. The van der Waals surface area contributed by atoms with Crippen LogP contribution >= 0.6 is 23.5 Å². The molecule has 1 heterocycles. The Morgan fingerprint density at radius 1 is 1.26 bits per heavy atom. The molecule has 19 heavy (non-hydrogen) atoms. The standard InChI is InChI=1S/C14H18F2OS2/c1-2-13-14(19-7-6-18-13)12(17)8-9-10(15)4-3-5-11(9)16/h3-5,12-14,17H,2,6-8H2,1H3. The molecule has 0 saturated carbocycles. The van der Waals surface area contributed by atoms with Crippen molar-refractivity contribution in [3.63, 3.8) is 0 Å². The molecule has 0 radical (unpaired) electrons. The lowest BCUT2D eigenvalue weighted by atomic mass is 10.0. The molecule has 3 unspecified atom stereocenters. The molecule has 106 valence electrons. The zero-order valence-corrected chi connectivity index (χ0v) is 12.4. The fraction of sp³-hybridized carbons (Fsp3) is 0.571. The molecule has 1 fully saturated rings. The summed E-state index contributed by atoms with van der Waals surface area (Å²) in [5, 5.41) is 10.7. The van der Waals surface area contributed by atoms with E-state index in [2.05, 4.69) is 6.92 Å². The summed E-state index contributed by atoms with van der Waals surface area (Å²) in [4.78, 5) is 0. The van der Waals surface area contributed by atoms with Crippen molar-refractivity contribution in [1.82, 2.24) is 0 Å². The van der Waals surface area contributed by atoms with Crippen LogP contribution in [0.15, 0.2) is 18.2 Å². The van der Waals surface area contributed by atoms with Crippen molar-refractivity contribution in [2.24, 2.45) is 0 Å². The van der Waals surface area contributed by atoms with Gasteiger partial charge in [-0.05, 0) is 18.6 Å². The summed E-state index contributed by atoms with van der Waals surface area (Å²) >= 11 is 3.57. The van der Waals surface area contributed by atoms with Gasteiger partial charge in [0.15, 0.2) is 0 Å². The highest BCUT2D eigenvalue weighted by Crippen LogP contribution is 2.36. The Morgan fingerprint density at radius 3 is 2.53 bits per heavy atom. The molecular formula is C14H18F2OS2. The first-order valence-electron chi connectivity index (χ1n) is 6.47. The van der Waals surface area contributed by atoms with E-state index in [9.17, 15) is 13.9 Å². The molecule has 0 spiro atoms. The van der Waals surface area contributed by atoms with Crippen molar-refractivity contribution < 1.29 is 13.9 Å². The zero-order chi connectivity index (χ0) is 13.8. The normalized spacial score (nSPS) is 25.3. The Bertz CT molecular complexity index is 408. The molecular weight excluding hydrogens is 286 g/mol. The fourth-order valence-corrected chi connectivity index (χ4v) is 5.50. The van der Waals surface area contributed by atoms with Gasteiger partial charge >= 0.3 is 0 Å². The molecule has 1 aliphatic rings. The average Bonchev–Trinajstić information content (AvgIpc) is 2.42. The van der Waals surface area contributed by atoms with Crippen LogP contribution in [0.3, 0.4) is 0 Å². The summed E-state index contributed by atoms with van der Waals surface area (Å²) in [6.45, 7) is 2.09. The van der Waals surface area contributed by atoms with Crippen LogP contribution < -0.4 is 0 Å². The van der Waals surface area contributed by atoms with Crippen LogP contribution in [0.2, 0.25) is 0 Å². The molecule has 0 amide bonds. The average molecular weight is 304 g/mol. The van der Waals surface area contributed by atoms with Crippen LogP contribution in [-0.2, 0) is 6.42 Å². The number of benzene rings is 1. The second-order valence-corrected chi connectivity index (χ2v) is 7.26. The predicted molar refractivity (Wildman–Crippen MR) is 78.9 cm³/mol. The first-order chi connectivity index (χ1) is 9.13. The first kappa shape index (κ1) is 15.1. The zero-order valence-electron chi connectivity index (χ0n) is 10.8. The summed E-state index contributed by atoms with van der Waals surface area (Å²) in [6, 6.07) is 3.83. The van der Waals surface area contributed by atoms with Gasteiger partial charge in [-0.15, -0.1) is 0 Å².